The van der Waals surface area contributed by atoms with E-state index in [1.165, 1.54) is 16.4 Å². The maximum Gasteiger partial charge on any atom is 0.276 e. The van der Waals surface area contributed by atoms with Crippen LogP contribution in [0.1, 0.15) is 25.0 Å². The van der Waals surface area contributed by atoms with Crippen LogP contribution in [0.3, 0.4) is 0 Å². The molecule has 1 aliphatic rings. The molecule has 16 heavy (non-hydrogen) atoms. The molecule has 0 amide bonds. The lowest BCUT2D eigenvalue weighted by molar-refractivity contribution is 0.227. The molecule has 0 aliphatic heterocycles. The van der Waals surface area contributed by atoms with Crippen LogP contribution in [0.2, 0.25) is 0 Å². The highest BCUT2D eigenvalue weighted by Crippen LogP contribution is 2.29. The van der Waals surface area contributed by atoms with Crippen LogP contribution in [0.5, 0.6) is 0 Å². The standard InChI is InChI=1S/C10H15NO4S/c1-11(8-3-2-4-8)16(13,14)10-6-5-9(7-12)15-10/h5-6,8,12H,2-4,7H2,1H3. The molecule has 1 saturated carbocycles. The zero-order chi connectivity index (χ0) is 11.8. The van der Waals surface area contributed by atoms with E-state index in [2.05, 4.69) is 0 Å². The Labute approximate surface area is 94.7 Å². The van der Waals surface area contributed by atoms with Crippen LogP contribution in [0, 0.1) is 0 Å². The Morgan fingerprint density at radius 3 is 2.62 bits per heavy atom. The first kappa shape index (κ1) is 11.6. The molecular weight excluding hydrogens is 230 g/mol. The van der Waals surface area contributed by atoms with Gasteiger partial charge in [0.15, 0.2) is 0 Å². The minimum Gasteiger partial charge on any atom is -0.446 e. The Balaban J connectivity index is 2.23. The maximum absolute atomic E-state index is 12.0. The molecule has 0 bridgehead atoms. The summed E-state index contributed by atoms with van der Waals surface area (Å²) in [5.41, 5.74) is 0. The number of sulfonamides is 1. The smallest absolute Gasteiger partial charge is 0.276 e. The third-order valence-electron chi connectivity index (χ3n) is 3.02. The summed E-state index contributed by atoms with van der Waals surface area (Å²) in [4.78, 5) is 0. The molecule has 0 radical (unpaired) electrons. The van der Waals surface area contributed by atoms with E-state index in [0.717, 1.165) is 19.3 Å². The lowest BCUT2D eigenvalue weighted by Gasteiger charge is -2.32. The van der Waals surface area contributed by atoms with Crippen molar-refractivity contribution in [3.8, 4) is 0 Å². The van der Waals surface area contributed by atoms with Crippen molar-refractivity contribution < 1.29 is 17.9 Å². The van der Waals surface area contributed by atoms with E-state index in [4.69, 9.17) is 9.52 Å². The van der Waals surface area contributed by atoms with Crippen LogP contribution in [-0.2, 0) is 16.6 Å². The van der Waals surface area contributed by atoms with Gasteiger partial charge in [0, 0.05) is 13.1 Å². The van der Waals surface area contributed by atoms with Gasteiger partial charge >= 0.3 is 0 Å². The number of furan rings is 1. The van der Waals surface area contributed by atoms with Gasteiger partial charge < -0.3 is 9.52 Å². The molecule has 1 fully saturated rings. The van der Waals surface area contributed by atoms with Gasteiger partial charge in [0.05, 0.1) is 0 Å². The highest BCUT2D eigenvalue weighted by atomic mass is 32.2. The Bertz CT molecular complexity index is 461. The Hall–Kier alpha value is -0.850. The zero-order valence-electron chi connectivity index (χ0n) is 9.09. The minimum absolute atomic E-state index is 0.0904. The van der Waals surface area contributed by atoms with Gasteiger partial charge in [-0.2, -0.15) is 4.31 Å². The zero-order valence-corrected chi connectivity index (χ0v) is 9.90. The molecule has 1 N–H and O–H groups in total. The molecule has 1 aromatic rings. The van der Waals surface area contributed by atoms with Gasteiger partial charge in [0.2, 0.25) is 5.09 Å². The average molecular weight is 245 g/mol. The lowest BCUT2D eigenvalue weighted by Crippen LogP contribution is -2.41. The predicted molar refractivity (Wildman–Crippen MR) is 57.2 cm³/mol. The van der Waals surface area contributed by atoms with Crippen molar-refractivity contribution in [1.29, 1.82) is 0 Å². The molecule has 90 valence electrons. The van der Waals surface area contributed by atoms with Gasteiger partial charge in [-0.25, -0.2) is 8.42 Å². The van der Waals surface area contributed by atoms with Crippen molar-refractivity contribution in [1.82, 2.24) is 4.31 Å². The Morgan fingerprint density at radius 2 is 2.19 bits per heavy atom. The van der Waals surface area contributed by atoms with Gasteiger partial charge in [-0.05, 0) is 25.0 Å². The highest BCUT2D eigenvalue weighted by molar-refractivity contribution is 7.89. The summed E-state index contributed by atoms with van der Waals surface area (Å²) in [7, 11) is -1.96. The monoisotopic (exact) mass is 245 g/mol. The molecule has 0 atom stereocenters. The second-order valence-electron chi connectivity index (χ2n) is 3.98. The summed E-state index contributed by atoms with van der Waals surface area (Å²) in [6.07, 6.45) is 2.89. The number of nitrogens with zero attached hydrogens (tertiary/aromatic N) is 1. The molecule has 1 aromatic heterocycles. The van der Waals surface area contributed by atoms with E-state index in [1.807, 2.05) is 0 Å². The molecule has 0 unspecified atom stereocenters. The van der Waals surface area contributed by atoms with E-state index in [9.17, 15) is 8.42 Å². The molecule has 1 heterocycles. The van der Waals surface area contributed by atoms with E-state index in [0.29, 0.717) is 0 Å². The molecule has 0 aromatic carbocycles. The van der Waals surface area contributed by atoms with Crippen LogP contribution in [-0.4, -0.2) is 30.9 Å². The first-order chi connectivity index (χ1) is 7.55. The van der Waals surface area contributed by atoms with Gasteiger partial charge in [-0.15, -0.1) is 0 Å². The molecule has 0 spiro atoms. The SMILES string of the molecule is CN(C1CCC1)S(=O)(=O)c1ccc(CO)o1. The fraction of sp³-hybridized carbons (Fsp3) is 0.600. The predicted octanol–water partition coefficient (Wildman–Crippen LogP) is 0.945. The average Bonchev–Trinajstić information content (AvgIpc) is 2.63. The summed E-state index contributed by atoms with van der Waals surface area (Å²) in [6, 6.07) is 2.95. The van der Waals surface area contributed by atoms with Crippen molar-refractivity contribution in [2.75, 3.05) is 7.05 Å². The van der Waals surface area contributed by atoms with Crippen LogP contribution >= 0.6 is 0 Å². The highest BCUT2D eigenvalue weighted by Gasteiger charge is 2.33. The van der Waals surface area contributed by atoms with Crippen molar-refractivity contribution in [3.63, 3.8) is 0 Å². The first-order valence-electron chi connectivity index (χ1n) is 5.23. The third-order valence-corrected chi connectivity index (χ3v) is 4.80. The number of hydrogen-bond donors (Lipinski definition) is 1. The molecular formula is C10H15NO4S. The van der Waals surface area contributed by atoms with Gasteiger partial charge in [0.25, 0.3) is 10.0 Å². The summed E-state index contributed by atoms with van der Waals surface area (Å²) in [5.74, 6) is 0.264. The molecule has 5 nitrogen and oxygen atoms in total. The van der Waals surface area contributed by atoms with E-state index < -0.39 is 10.0 Å². The normalized spacial score (nSPS) is 17.7. The van der Waals surface area contributed by atoms with Crippen molar-refractivity contribution in [3.05, 3.63) is 17.9 Å². The van der Waals surface area contributed by atoms with Crippen molar-refractivity contribution >= 4 is 10.0 Å². The lowest BCUT2D eigenvalue weighted by atomic mass is 9.94. The van der Waals surface area contributed by atoms with Crippen molar-refractivity contribution in [2.24, 2.45) is 0 Å². The number of rotatable bonds is 4. The largest absolute Gasteiger partial charge is 0.446 e. The molecule has 6 heteroatoms. The van der Waals surface area contributed by atoms with E-state index in [-0.39, 0.29) is 23.5 Å². The fourth-order valence-corrected chi connectivity index (χ4v) is 3.01. The topological polar surface area (TPSA) is 70.8 Å². The van der Waals surface area contributed by atoms with Crippen LogP contribution in [0.25, 0.3) is 0 Å². The van der Waals surface area contributed by atoms with Crippen LogP contribution in [0.4, 0.5) is 0 Å². The minimum atomic E-state index is -3.53. The fourth-order valence-electron chi connectivity index (χ4n) is 1.67. The first-order valence-corrected chi connectivity index (χ1v) is 6.67. The Morgan fingerprint density at radius 1 is 1.50 bits per heavy atom. The third kappa shape index (κ3) is 1.88. The summed E-state index contributed by atoms with van der Waals surface area (Å²) < 4.78 is 30.5. The summed E-state index contributed by atoms with van der Waals surface area (Å²) in [5, 5.41) is 8.73. The quantitative estimate of drug-likeness (QED) is 0.857. The Kier molecular flexibility index (Phi) is 3.05. The second kappa shape index (κ2) is 4.20. The van der Waals surface area contributed by atoms with E-state index in [1.54, 1.807) is 7.05 Å². The van der Waals surface area contributed by atoms with Crippen LogP contribution in [0.15, 0.2) is 21.6 Å². The number of aliphatic hydroxyl groups excluding tert-OH is 1. The molecule has 1 aliphatic carbocycles. The summed E-state index contributed by atoms with van der Waals surface area (Å²) in [6.45, 7) is -0.289. The number of aliphatic hydroxyl groups is 1. The van der Waals surface area contributed by atoms with Crippen LogP contribution < -0.4 is 0 Å². The number of hydrogen-bond acceptors (Lipinski definition) is 4. The second-order valence-corrected chi connectivity index (χ2v) is 5.91. The van der Waals surface area contributed by atoms with E-state index >= 15 is 0 Å². The molecule has 0 saturated heterocycles. The molecule has 2 rings (SSSR count). The van der Waals surface area contributed by atoms with Gasteiger partial charge in [0.1, 0.15) is 12.4 Å². The van der Waals surface area contributed by atoms with Crippen molar-refractivity contribution in [2.45, 2.75) is 37.0 Å². The van der Waals surface area contributed by atoms with Gasteiger partial charge in [-0.1, -0.05) is 6.42 Å². The summed E-state index contributed by atoms with van der Waals surface area (Å²) >= 11 is 0. The van der Waals surface area contributed by atoms with Gasteiger partial charge in [-0.3, -0.25) is 0 Å². The maximum atomic E-state index is 12.0.